The van der Waals surface area contributed by atoms with Gasteiger partial charge in [-0.1, -0.05) is 6.42 Å². The highest BCUT2D eigenvalue weighted by molar-refractivity contribution is 4.92. The number of hydrogen-bond donors (Lipinski definition) is 1. The van der Waals surface area contributed by atoms with Crippen LogP contribution in [0.1, 0.15) is 32.6 Å². The average molecular weight is 208 g/mol. The molecule has 0 aromatic carbocycles. The molecular formula is C13H24N2. The predicted octanol–water partition coefficient (Wildman–Crippen LogP) is 1.72. The molecule has 0 aromatic heterocycles. The first kappa shape index (κ1) is 10.1. The molecule has 2 nitrogen and oxygen atoms in total. The van der Waals surface area contributed by atoms with Crippen LogP contribution in [-0.2, 0) is 0 Å². The van der Waals surface area contributed by atoms with Gasteiger partial charge in [-0.05, 0) is 43.9 Å². The molecule has 2 saturated carbocycles. The molecule has 0 radical (unpaired) electrons. The summed E-state index contributed by atoms with van der Waals surface area (Å²) in [5.74, 6) is 3.25. The maximum Gasteiger partial charge on any atom is 0.0193 e. The van der Waals surface area contributed by atoms with Crippen molar-refractivity contribution in [1.29, 1.82) is 0 Å². The van der Waals surface area contributed by atoms with Crippen molar-refractivity contribution in [2.45, 2.75) is 38.6 Å². The molecule has 4 atom stereocenters. The summed E-state index contributed by atoms with van der Waals surface area (Å²) in [6, 6.07) is 0.762. The van der Waals surface area contributed by atoms with Gasteiger partial charge in [0.1, 0.15) is 0 Å². The Morgan fingerprint density at radius 2 is 2.20 bits per heavy atom. The molecule has 1 saturated heterocycles. The van der Waals surface area contributed by atoms with Gasteiger partial charge in [-0.15, -0.1) is 0 Å². The predicted molar refractivity (Wildman–Crippen MR) is 62.8 cm³/mol. The third kappa shape index (κ3) is 1.94. The van der Waals surface area contributed by atoms with Crippen molar-refractivity contribution in [3.8, 4) is 0 Å². The van der Waals surface area contributed by atoms with Crippen LogP contribution in [0.4, 0.5) is 0 Å². The number of hydrogen-bond acceptors (Lipinski definition) is 2. The fraction of sp³-hybridized carbons (Fsp3) is 1.00. The lowest BCUT2D eigenvalue weighted by Crippen LogP contribution is -2.51. The van der Waals surface area contributed by atoms with Gasteiger partial charge in [-0.2, -0.15) is 0 Å². The maximum absolute atomic E-state index is 3.48. The Labute approximate surface area is 93.4 Å². The van der Waals surface area contributed by atoms with E-state index < -0.39 is 0 Å². The van der Waals surface area contributed by atoms with Crippen LogP contribution in [0.2, 0.25) is 0 Å². The van der Waals surface area contributed by atoms with Crippen LogP contribution in [0, 0.1) is 17.8 Å². The van der Waals surface area contributed by atoms with Crippen molar-refractivity contribution < 1.29 is 0 Å². The minimum atomic E-state index is 0.762. The fourth-order valence-electron chi connectivity index (χ4n) is 4.06. The van der Waals surface area contributed by atoms with Crippen LogP contribution in [0.15, 0.2) is 0 Å². The Bertz CT molecular complexity index is 229. The largest absolute Gasteiger partial charge is 0.314 e. The Morgan fingerprint density at radius 3 is 2.87 bits per heavy atom. The van der Waals surface area contributed by atoms with Crippen molar-refractivity contribution in [3.63, 3.8) is 0 Å². The van der Waals surface area contributed by atoms with Crippen LogP contribution in [0.3, 0.4) is 0 Å². The molecular weight excluding hydrogens is 184 g/mol. The van der Waals surface area contributed by atoms with E-state index in [1.54, 1.807) is 12.8 Å². The van der Waals surface area contributed by atoms with Gasteiger partial charge in [-0.3, -0.25) is 4.90 Å². The highest BCUT2D eigenvalue weighted by Gasteiger charge is 2.40. The number of piperazine rings is 1. The topological polar surface area (TPSA) is 15.3 Å². The molecule has 0 aromatic rings. The average Bonchev–Trinajstić information content (AvgIpc) is 2.83. The summed E-state index contributed by atoms with van der Waals surface area (Å²) in [6.07, 6.45) is 6.18. The normalized spacial score (nSPS) is 46.2. The zero-order valence-corrected chi connectivity index (χ0v) is 9.91. The standard InChI is InChI=1S/C13H24N2/c1-10-8-14-4-5-15(10)9-13-7-11-2-3-12(13)6-11/h10-14H,2-9H2,1H3. The highest BCUT2D eigenvalue weighted by atomic mass is 15.2. The molecule has 4 unspecified atom stereocenters. The van der Waals surface area contributed by atoms with Crippen LogP contribution in [-0.4, -0.2) is 37.1 Å². The van der Waals surface area contributed by atoms with E-state index in [0.29, 0.717) is 0 Å². The van der Waals surface area contributed by atoms with Crippen molar-refractivity contribution in [3.05, 3.63) is 0 Å². The zero-order chi connectivity index (χ0) is 10.3. The second kappa shape index (κ2) is 4.06. The number of nitrogens with one attached hydrogen (secondary N) is 1. The molecule has 3 fully saturated rings. The first-order valence-corrected chi connectivity index (χ1v) is 6.77. The van der Waals surface area contributed by atoms with Gasteiger partial charge < -0.3 is 5.32 Å². The second-order valence-corrected chi connectivity index (χ2v) is 5.98. The van der Waals surface area contributed by atoms with E-state index in [4.69, 9.17) is 0 Å². The van der Waals surface area contributed by atoms with Gasteiger partial charge in [0.2, 0.25) is 0 Å². The third-order valence-corrected chi connectivity index (χ3v) is 4.99. The molecule has 0 amide bonds. The maximum atomic E-state index is 3.48. The molecule has 2 bridgehead atoms. The van der Waals surface area contributed by atoms with E-state index >= 15 is 0 Å². The summed E-state index contributed by atoms with van der Waals surface area (Å²) >= 11 is 0. The number of nitrogens with zero attached hydrogens (tertiary/aromatic N) is 1. The lowest BCUT2D eigenvalue weighted by molar-refractivity contribution is 0.127. The number of rotatable bonds is 2. The molecule has 1 aliphatic heterocycles. The summed E-state index contributed by atoms with van der Waals surface area (Å²) in [5.41, 5.74) is 0. The van der Waals surface area contributed by atoms with Crippen LogP contribution in [0.5, 0.6) is 0 Å². The Kier molecular flexibility index (Phi) is 2.73. The lowest BCUT2D eigenvalue weighted by Gasteiger charge is -2.37. The SMILES string of the molecule is CC1CNCCN1CC1CC2CCC1C2. The van der Waals surface area contributed by atoms with Gasteiger partial charge in [0.15, 0.2) is 0 Å². The quantitative estimate of drug-likeness (QED) is 0.743. The Hall–Kier alpha value is -0.0800. The molecule has 1 N–H and O–H groups in total. The van der Waals surface area contributed by atoms with E-state index in [0.717, 1.165) is 23.8 Å². The third-order valence-electron chi connectivity index (χ3n) is 4.99. The van der Waals surface area contributed by atoms with Gasteiger partial charge in [0.25, 0.3) is 0 Å². The van der Waals surface area contributed by atoms with E-state index in [1.807, 2.05) is 0 Å². The number of fused-ring (bicyclic) bond motifs is 2. The molecule has 3 rings (SSSR count). The van der Waals surface area contributed by atoms with Gasteiger partial charge >= 0.3 is 0 Å². The summed E-state index contributed by atoms with van der Waals surface area (Å²) in [6.45, 7) is 7.43. The molecule has 2 aliphatic carbocycles. The van der Waals surface area contributed by atoms with Gasteiger partial charge in [0.05, 0.1) is 0 Å². The highest BCUT2D eigenvalue weighted by Crippen LogP contribution is 2.48. The van der Waals surface area contributed by atoms with Crippen LogP contribution in [0.25, 0.3) is 0 Å². The zero-order valence-electron chi connectivity index (χ0n) is 9.91. The smallest absolute Gasteiger partial charge is 0.0193 e. The minimum absolute atomic E-state index is 0.762. The molecule has 0 spiro atoms. The van der Waals surface area contributed by atoms with Crippen molar-refractivity contribution >= 4 is 0 Å². The van der Waals surface area contributed by atoms with Crippen LogP contribution < -0.4 is 5.32 Å². The summed E-state index contributed by atoms with van der Waals surface area (Å²) in [7, 11) is 0. The Morgan fingerprint density at radius 1 is 1.27 bits per heavy atom. The van der Waals surface area contributed by atoms with Crippen LogP contribution >= 0.6 is 0 Å². The van der Waals surface area contributed by atoms with E-state index in [2.05, 4.69) is 17.1 Å². The summed E-state index contributed by atoms with van der Waals surface area (Å²) in [5, 5.41) is 3.48. The van der Waals surface area contributed by atoms with Crippen molar-refractivity contribution in [2.75, 3.05) is 26.2 Å². The molecule has 3 aliphatic rings. The lowest BCUT2D eigenvalue weighted by atomic mass is 9.88. The van der Waals surface area contributed by atoms with E-state index in [9.17, 15) is 0 Å². The van der Waals surface area contributed by atoms with Gasteiger partial charge in [-0.25, -0.2) is 0 Å². The van der Waals surface area contributed by atoms with Crippen molar-refractivity contribution in [1.82, 2.24) is 10.2 Å². The van der Waals surface area contributed by atoms with E-state index in [1.165, 1.54) is 39.0 Å². The molecule has 2 heteroatoms. The summed E-state index contributed by atoms with van der Waals surface area (Å²) in [4.78, 5) is 2.72. The first-order valence-electron chi connectivity index (χ1n) is 6.77. The van der Waals surface area contributed by atoms with Gasteiger partial charge in [0, 0.05) is 32.2 Å². The molecule has 86 valence electrons. The Balaban J connectivity index is 1.56. The summed E-state index contributed by atoms with van der Waals surface area (Å²) < 4.78 is 0. The molecule has 1 heterocycles. The fourth-order valence-corrected chi connectivity index (χ4v) is 4.06. The monoisotopic (exact) mass is 208 g/mol. The van der Waals surface area contributed by atoms with E-state index in [-0.39, 0.29) is 0 Å². The molecule has 15 heavy (non-hydrogen) atoms. The first-order chi connectivity index (χ1) is 7.33. The van der Waals surface area contributed by atoms with Crippen molar-refractivity contribution in [2.24, 2.45) is 17.8 Å². The second-order valence-electron chi connectivity index (χ2n) is 5.98. The minimum Gasteiger partial charge on any atom is -0.314 e.